The number of nitrogens with zero attached hydrogens (tertiary/aromatic N) is 1. The van der Waals surface area contributed by atoms with Crippen LogP contribution < -0.4 is 11.1 Å². The number of carbonyl (C=O) groups is 1. The predicted molar refractivity (Wildman–Crippen MR) is 58.4 cm³/mol. The number of nitrogen functional groups attached to an aromatic ring is 1. The number of pyridine rings is 1. The fraction of sp³-hybridized carbons (Fsp3) is 0.455. The summed E-state index contributed by atoms with van der Waals surface area (Å²) in [5, 5.41) is 2.83. The normalized spacial score (nSPS) is 21.1. The lowest BCUT2D eigenvalue weighted by molar-refractivity contribution is -0.122. The second-order valence-electron chi connectivity index (χ2n) is 4.01. The molecule has 1 aliphatic heterocycles. The topological polar surface area (TPSA) is 68.0 Å². The van der Waals surface area contributed by atoms with Crippen LogP contribution in [0.4, 0.5) is 5.82 Å². The maximum absolute atomic E-state index is 11.3. The summed E-state index contributed by atoms with van der Waals surface area (Å²) in [6.07, 6.45) is 3.35. The smallest absolute Gasteiger partial charge is 0.220 e. The molecule has 1 aliphatic rings. The minimum Gasteiger partial charge on any atom is -0.384 e. The Labute approximate surface area is 88.9 Å². The van der Waals surface area contributed by atoms with Crippen LogP contribution >= 0.6 is 0 Å². The Hall–Kier alpha value is -1.58. The zero-order valence-corrected chi connectivity index (χ0v) is 8.79. The molecular weight excluding hydrogens is 190 g/mol. The molecule has 4 heteroatoms. The van der Waals surface area contributed by atoms with Gasteiger partial charge in [0.1, 0.15) is 5.82 Å². The van der Waals surface area contributed by atoms with Crippen LogP contribution in [-0.2, 0) is 4.79 Å². The summed E-state index contributed by atoms with van der Waals surface area (Å²) >= 11 is 0. The van der Waals surface area contributed by atoms with E-state index in [2.05, 4.69) is 10.3 Å². The number of anilines is 1. The molecule has 2 rings (SSSR count). The molecule has 1 aromatic rings. The largest absolute Gasteiger partial charge is 0.384 e. The van der Waals surface area contributed by atoms with E-state index >= 15 is 0 Å². The van der Waals surface area contributed by atoms with E-state index in [-0.39, 0.29) is 5.91 Å². The standard InChI is InChI=1S/C11H15N3O/c1-7-4-10(12)14-6-9(7)8-2-3-13-11(15)5-8/h4,6,8H,2-3,5H2,1H3,(H2,12,14)(H,13,15)/t8-/m0/s1. The summed E-state index contributed by atoms with van der Waals surface area (Å²) in [5.74, 6) is 0.964. The van der Waals surface area contributed by atoms with Crippen LogP contribution in [0.15, 0.2) is 12.3 Å². The van der Waals surface area contributed by atoms with Crippen molar-refractivity contribution in [1.82, 2.24) is 10.3 Å². The molecule has 0 saturated carbocycles. The molecule has 0 aliphatic carbocycles. The van der Waals surface area contributed by atoms with Crippen molar-refractivity contribution in [3.05, 3.63) is 23.4 Å². The minimum atomic E-state index is 0.127. The average molecular weight is 205 g/mol. The molecule has 0 radical (unpaired) electrons. The van der Waals surface area contributed by atoms with Gasteiger partial charge in [-0.1, -0.05) is 0 Å². The summed E-state index contributed by atoms with van der Waals surface area (Å²) in [6.45, 7) is 2.77. The van der Waals surface area contributed by atoms with Gasteiger partial charge in [0.15, 0.2) is 0 Å². The van der Waals surface area contributed by atoms with Crippen LogP contribution in [0.2, 0.25) is 0 Å². The van der Waals surface area contributed by atoms with Crippen LogP contribution in [0.5, 0.6) is 0 Å². The molecular formula is C11H15N3O. The maximum atomic E-state index is 11.3. The number of hydrogen-bond acceptors (Lipinski definition) is 3. The zero-order chi connectivity index (χ0) is 10.8. The maximum Gasteiger partial charge on any atom is 0.220 e. The van der Waals surface area contributed by atoms with Crippen LogP contribution in [0.1, 0.15) is 29.9 Å². The molecule has 1 fully saturated rings. The third-order valence-electron chi connectivity index (χ3n) is 2.86. The van der Waals surface area contributed by atoms with Crippen LogP contribution in [-0.4, -0.2) is 17.4 Å². The first-order valence-electron chi connectivity index (χ1n) is 5.15. The third-order valence-corrected chi connectivity index (χ3v) is 2.86. The van der Waals surface area contributed by atoms with E-state index in [9.17, 15) is 4.79 Å². The summed E-state index contributed by atoms with van der Waals surface area (Å²) in [4.78, 5) is 15.4. The lowest BCUT2D eigenvalue weighted by Crippen LogP contribution is -2.32. The van der Waals surface area contributed by atoms with Gasteiger partial charge in [-0.2, -0.15) is 0 Å². The third kappa shape index (κ3) is 2.09. The molecule has 0 spiro atoms. The molecule has 1 atom stereocenters. The van der Waals surface area contributed by atoms with Crippen LogP contribution in [0, 0.1) is 6.92 Å². The zero-order valence-electron chi connectivity index (χ0n) is 8.79. The van der Waals surface area contributed by atoms with Gasteiger partial charge in [-0.25, -0.2) is 4.98 Å². The molecule has 0 unspecified atom stereocenters. The number of amides is 1. The van der Waals surface area contributed by atoms with Crippen molar-refractivity contribution >= 4 is 11.7 Å². The van der Waals surface area contributed by atoms with Gasteiger partial charge in [0.2, 0.25) is 5.91 Å². The average Bonchev–Trinajstić information content (AvgIpc) is 2.17. The van der Waals surface area contributed by atoms with Crippen molar-refractivity contribution in [2.24, 2.45) is 0 Å². The fourth-order valence-corrected chi connectivity index (χ4v) is 2.07. The van der Waals surface area contributed by atoms with Gasteiger partial charge in [-0.05, 0) is 36.5 Å². The highest BCUT2D eigenvalue weighted by Crippen LogP contribution is 2.28. The Morgan fingerprint density at radius 3 is 3.07 bits per heavy atom. The number of aryl methyl sites for hydroxylation is 1. The molecule has 15 heavy (non-hydrogen) atoms. The molecule has 1 saturated heterocycles. The van der Waals surface area contributed by atoms with E-state index in [0.29, 0.717) is 18.2 Å². The SMILES string of the molecule is Cc1cc(N)ncc1[C@H]1CCNC(=O)C1. The van der Waals surface area contributed by atoms with E-state index < -0.39 is 0 Å². The lowest BCUT2D eigenvalue weighted by atomic mass is 9.88. The van der Waals surface area contributed by atoms with Crippen molar-refractivity contribution in [2.45, 2.75) is 25.7 Å². The van der Waals surface area contributed by atoms with E-state index in [0.717, 1.165) is 24.1 Å². The number of aromatic nitrogens is 1. The molecule has 80 valence electrons. The van der Waals surface area contributed by atoms with Crippen LogP contribution in [0.3, 0.4) is 0 Å². The molecule has 0 bridgehead atoms. The minimum absolute atomic E-state index is 0.127. The Balaban J connectivity index is 2.24. The van der Waals surface area contributed by atoms with E-state index in [1.807, 2.05) is 13.0 Å². The van der Waals surface area contributed by atoms with Crippen molar-refractivity contribution in [1.29, 1.82) is 0 Å². The quantitative estimate of drug-likeness (QED) is 0.717. The number of piperidine rings is 1. The monoisotopic (exact) mass is 205 g/mol. The molecule has 1 aromatic heterocycles. The summed E-state index contributed by atoms with van der Waals surface area (Å²) in [6, 6.07) is 1.86. The predicted octanol–water partition coefficient (Wildman–Crippen LogP) is 0.966. The number of carbonyl (C=O) groups excluding carboxylic acids is 1. The van der Waals surface area contributed by atoms with Crippen molar-refractivity contribution < 1.29 is 4.79 Å². The Bertz CT molecular complexity index is 389. The lowest BCUT2D eigenvalue weighted by Gasteiger charge is -2.23. The van der Waals surface area contributed by atoms with E-state index in [1.54, 1.807) is 6.20 Å². The Morgan fingerprint density at radius 1 is 1.60 bits per heavy atom. The van der Waals surface area contributed by atoms with Gasteiger partial charge in [0.05, 0.1) is 0 Å². The highest BCUT2D eigenvalue weighted by atomic mass is 16.1. The highest BCUT2D eigenvalue weighted by molar-refractivity contribution is 5.77. The second-order valence-corrected chi connectivity index (χ2v) is 4.01. The van der Waals surface area contributed by atoms with Gasteiger partial charge < -0.3 is 11.1 Å². The van der Waals surface area contributed by atoms with Gasteiger partial charge in [-0.15, -0.1) is 0 Å². The van der Waals surface area contributed by atoms with Gasteiger partial charge in [0.25, 0.3) is 0 Å². The van der Waals surface area contributed by atoms with Gasteiger partial charge in [-0.3, -0.25) is 4.79 Å². The summed E-state index contributed by atoms with van der Waals surface area (Å²) in [7, 11) is 0. The first kappa shape index (κ1) is 9.96. The number of nitrogens with two attached hydrogens (primary N) is 1. The summed E-state index contributed by atoms with van der Waals surface area (Å²) < 4.78 is 0. The molecule has 0 aromatic carbocycles. The first-order chi connectivity index (χ1) is 7.16. The number of nitrogens with one attached hydrogen (secondary N) is 1. The highest BCUT2D eigenvalue weighted by Gasteiger charge is 2.22. The summed E-state index contributed by atoms with van der Waals surface area (Å²) in [5.41, 5.74) is 7.87. The number of rotatable bonds is 1. The van der Waals surface area contributed by atoms with Crippen molar-refractivity contribution in [2.75, 3.05) is 12.3 Å². The fourth-order valence-electron chi connectivity index (χ4n) is 2.07. The van der Waals surface area contributed by atoms with E-state index in [4.69, 9.17) is 5.73 Å². The second kappa shape index (κ2) is 3.88. The molecule has 3 N–H and O–H groups in total. The number of hydrogen-bond donors (Lipinski definition) is 2. The molecule has 1 amide bonds. The Morgan fingerprint density at radius 2 is 2.40 bits per heavy atom. The Kier molecular flexibility index (Phi) is 2.58. The van der Waals surface area contributed by atoms with Gasteiger partial charge in [0, 0.05) is 19.2 Å². The molecule has 4 nitrogen and oxygen atoms in total. The van der Waals surface area contributed by atoms with Crippen molar-refractivity contribution in [3.63, 3.8) is 0 Å². The molecule has 2 heterocycles. The van der Waals surface area contributed by atoms with Crippen molar-refractivity contribution in [3.8, 4) is 0 Å². The van der Waals surface area contributed by atoms with Crippen LogP contribution in [0.25, 0.3) is 0 Å². The van der Waals surface area contributed by atoms with Gasteiger partial charge >= 0.3 is 0 Å². The first-order valence-corrected chi connectivity index (χ1v) is 5.15. The van der Waals surface area contributed by atoms with E-state index in [1.165, 1.54) is 0 Å².